The standard InChI is InChI=1S/C28H32N4O2/c33-26(34)13-24(20-12-19-4-1-2-6-25(19)30-17-20)21-14-28(15-21)16-23(32-28)10-9-22-8-7-18-5-3-11-29-27(18)31-22/h1-2,4,6-8,12,17,21,23-24,32H,3,5,9-11,13-16H2,(H,29,31)(H,33,34). The predicted octanol–water partition coefficient (Wildman–Crippen LogP) is 4.69. The number of carboxylic acid groups (broad SMARTS) is 1. The van der Waals surface area contributed by atoms with Crippen LogP contribution in [0.5, 0.6) is 0 Å². The van der Waals surface area contributed by atoms with Gasteiger partial charge in [0, 0.05) is 35.4 Å². The van der Waals surface area contributed by atoms with E-state index in [1.807, 2.05) is 24.4 Å². The van der Waals surface area contributed by atoms with E-state index < -0.39 is 5.97 Å². The lowest BCUT2D eigenvalue weighted by atomic mass is 9.56. The van der Waals surface area contributed by atoms with Crippen LogP contribution in [0.25, 0.3) is 10.9 Å². The lowest BCUT2D eigenvalue weighted by molar-refractivity contribution is -0.138. The molecule has 2 fully saturated rings. The molecular weight excluding hydrogens is 424 g/mol. The number of anilines is 1. The van der Waals surface area contributed by atoms with Crippen LogP contribution in [0.1, 0.15) is 61.3 Å². The molecule has 1 spiro atoms. The fraction of sp³-hybridized carbons (Fsp3) is 0.464. The molecule has 0 bridgehead atoms. The Morgan fingerprint density at radius 3 is 2.88 bits per heavy atom. The van der Waals surface area contributed by atoms with Crippen molar-refractivity contribution in [2.24, 2.45) is 5.92 Å². The van der Waals surface area contributed by atoms with Gasteiger partial charge in [-0.2, -0.15) is 0 Å². The Hall–Kier alpha value is -2.99. The third-order valence-corrected chi connectivity index (χ3v) is 8.16. The average Bonchev–Trinajstić information content (AvgIpc) is 2.80. The fourth-order valence-electron chi connectivity index (χ4n) is 6.44. The van der Waals surface area contributed by atoms with Crippen LogP contribution < -0.4 is 10.6 Å². The lowest BCUT2D eigenvalue weighted by Gasteiger charge is -2.60. The van der Waals surface area contributed by atoms with Gasteiger partial charge >= 0.3 is 5.97 Å². The van der Waals surface area contributed by atoms with Crippen molar-refractivity contribution >= 4 is 22.7 Å². The van der Waals surface area contributed by atoms with E-state index in [4.69, 9.17) is 4.98 Å². The number of carbonyl (C=O) groups is 1. The van der Waals surface area contributed by atoms with Crippen molar-refractivity contribution in [3.05, 3.63) is 65.5 Å². The molecule has 2 aromatic heterocycles. The first-order chi connectivity index (χ1) is 16.6. The molecule has 1 saturated carbocycles. The maximum Gasteiger partial charge on any atom is 0.303 e. The molecule has 1 saturated heterocycles. The highest BCUT2D eigenvalue weighted by molar-refractivity contribution is 5.79. The molecule has 2 unspecified atom stereocenters. The Balaban J connectivity index is 1.05. The van der Waals surface area contributed by atoms with Crippen LogP contribution in [-0.2, 0) is 17.6 Å². The summed E-state index contributed by atoms with van der Waals surface area (Å²) in [6, 6.07) is 15.1. The number of hydrogen-bond donors (Lipinski definition) is 3. The van der Waals surface area contributed by atoms with Crippen molar-refractivity contribution in [3.63, 3.8) is 0 Å². The molecule has 1 aliphatic carbocycles. The van der Waals surface area contributed by atoms with E-state index >= 15 is 0 Å². The van der Waals surface area contributed by atoms with Gasteiger partial charge in [0.1, 0.15) is 5.82 Å². The number of aromatic nitrogens is 2. The van der Waals surface area contributed by atoms with E-state index in [1.165, 1.54) is 24.1 Å². The summed E-state index contributed by atoms with van der Waals surface area (Å²) in [4.78, 5) is 21.1. The number of para-hydroxylation sites is 1. The van der Waals surface area contributed by atoms with Gasteiger partial charge in [-0.1, -0.05) is 24.3 Å². The van der Waals surface area contributed by atoms with E-state index in [2.05, 4.69) is 39.9 Å². The Bertz CT molecular complexity index is 1210. The zero-order chi connectivity index (χ0) is 23.1. The summed E-state index contributed by atoms with van der Waals surface area (Å²) in [5.74, 6) is 0.760. The van der Waals surface area contributed by atoms with Crippen LogP contribution in [0, 0.1) is 5.92 Å². The van der Waals surface area contributed by atoms with E-state index in [0.717, 1.165) is 60.9 Å². The minimum Gasteiger partial charge on any atom is -0.481 e. The molecule has 0 radical (unpaired) electrons. The molecule has 34 heavy (non-hydrogen) atoms. The number of benzene rings is 1. The second-order valence-corrected chi connectivity index (χ2v) is 10.5. The quantitative estimate of drug-likeness (QED) is 0.478. The second-order valence-electron chi connectivity index (χ2n) is 10.5. The van der Waals surface area contributed by atoms with Crippen molar-refractivity contribution in [3.8, 4) is 0 Å². The monoisotopic (exact) mass is 456 g/mol. The molecule has 3 aliphatic rings. The lowest BCUT2D eigenvalue weighted by Crippen LogP contribution is -2.70. The summed E-state index contributed by atoms with van der Waals surface area (Å²) >= 11 is 0. The zero-order valence-corrected chi connectivity index (χ0v) is 19.5. The van der Waals surface area contributed by atoms with Crippen molar-refractivity contribution in [1.29, 1.82) is 0 Å². The first-order valence-corrected chi connectivity index (χ1v) is 12.6. The van der Waals surface area contributed by atoms with Gasteiger partial charge in [-0.05, 0) is 86.1 Å². The smallest absolute Gasteiger partial charge is 0.303 e. The second kappa shape index (κ2) is 8.66. The Labute approximate surface area is 200 Å². The van der Waals surface area contributed by atoms with Crippen LogP contribution in [0.2, 0.25) is 0 Å². The minimum atomic E-state index is -0.731. The first kappa shape index (κ1) is 21.5. The molecule has 0 amide bonds. The molecule has 4 heterocycles. The molecule has 3 N–H and O–H groups in total. The fourth-order valence-corrected chi connectivity index (χ4v) is 6.44. The van der Waals surface area contributed by atoms with Crippen LogP contribution in [0.4, 0.5) is 5.82 Å². The summed E-state index contributed by atoms with van der Waals surface area (Å²) in [5, 5.41) is 17.9. The molecular formula is C28H32N4O2. The first-order valence-electron chi connectivity index (χ1n) is 12.6. The number of carboxylic acids is 1. The summed E-state index contributed by atoms with van der Waals surface area (Å²) in [7, 11) is 0. The summed E-state index contributed by atoms with van der Waals surface area (Å²) in [5.41, 5.74) is 4.74. The Kier molecular flexibility index (Phi) is 5.48. The van der Waals surface area contributed by atoms with Gasteiger partial charge in [-0.25, -0.2) is 4.98 Å². The van der Waals surface area contributed by atoms with Gasteiger partial charge in [0.2, 0.25) is 0 Å². The predicted molar refractivity (Wildman–Crippen MR) is 133 cm³/mol. The molecule has 3 aromatic rings. The number of nitrogens with one attached hydrogen (secondary N) is 2. The molecule has 6 nitrogen and oxygen atoms in total. The third-order valence-electron chi connectivity index (χ3n) is 8.16. The molecule has 2 aliphatic heterocycles. The minimum absolute atomic E-state index is 0.0216. The Morgan fingerprint density at radius 1 is 1.18 bits per heavy atom. The van der Waals surface area contributed by atoms with E-state index in [1.54, 1.807) is 0 Å². The van der Waals surface area contributed by atoms with Crippen molar-refractivity contribution in [2.75, 3.05) is 11.9 Å². The maximum absolute atomic E-state index is 11.7. The SMILES string of the molecule is O=C(O)CC(c1cnc2ccccc2c1)C1CC2(CC(CCc3ccc4c(n3)NCCC4)N2)C1. The van der Waals surface area contributed by atoms with Crippen molar-refractivity contribution in [1.82, 2.24) is 15.3 Å². The largest absolute Gasteiger partial charge is 0.481 e. The molecule has 2 atom stereocenters. The van der Waals surface area contributed by atoms with Crippen LogP contribution in [0.15, 0.2) is 48.7 Å². The zero-order valence-electron chi connectivity index (χ0n) is 19.5. The van der Waals surface area contributed by atoms with Crippen molar-refractivity contribution in [2.45, 2.75) is 68.9 Å². The molecule has 1 aromatic carbocycles. The normalized spacial score (nSPS) is 26.2. The van der Waals surface area contributed by atoms with Crippen LogP contribution in [0.3, 0.4) is 0 Å². The van der Waals surface area contributed by atoms with E-state index in [9.17, 15) is 9.90 Å². The summed E-state index contributed by atoms with van der Waals surface area (Å²) in [6.45, 7) is 1.02. The van der Waals surface area contributed by atoms with Gasteiger partial charge in [-0.15, -0.1) is 0 Å². The van der Waals surface area contributed by atoms with Gasteiger partial charge in [0.15, 0.2) is 0 Å². The van der Waals surface area contributed by atoms with Gasteiger partial charge < -0.3 is 15.7 Å². The molecule has 6 rings (SSSR count). The van der Waals surface area contributed by atoms with Gasteiger partial charge in [0.25, 0.3) is 0 Å². The van der Waals surface area contributed by atoms with Crippen molar-refractivity contribution < 1.29 is 9.90 Å². The third kappa shape index (κ3) is 4.16. The van der Waals surface area contributed by atoms with E-state index in [-0.39, 0.29) is 17.9 Å². The number of rotatable bonds is 7. The summed E-state index contributed by atoms with van der Waals surface area (Å²) < 4.78 is 0. The van der Waals surface area contributed by atoms with Gasteiger partial charge in [0.05, 0.1) is 11.9 Å². The highest BCUT2D eigenvalue weighted by atomic mass is 16.4. The number of hydrogen-bond acceptors (Lipinski definition) is 5. The highest BCUT2D eigenvalue weighted by Gasteiger charge is 2.54. The number of pyridine rings is 2. The summed E-state index contributed by atoms with van der Waals surface area (Å²) in [6.07, 6.45) is 9.75. The maximum atomic E-state index is 11.7. The topological polar surface area (TPSA) is 87.1 Å². The van der Waals surface area contributed by atoms with Crippen LogP contribution >= 0.6 is 0 Å². The number of fused-ring (bicyclic) bond motifs is 2. The highest BCUT2D eigenvalue weighted by Crippen LogP contribution is 2.53. The van der Waals surface area contributed by atoms with E-state index in [0.29, 0.717) is 12.0 Å². The van der Waals surface area contributed by atoms with Crippen LogP contribution in [-0.4, -0.2) is 39.2 Å². The molecule has 6 heteroatoms. The van der Waals surface area contributed by atoms with Gasteiger partial charge in [-0.3, -0.25) is 9.78 Å². The Morgan fingerprint density at radius 2 is 2.03 bits per heavy atom. The number of aliphatic carboxylic acids is 1. The number of aryl methyl sites for hydroxylation is 2. The molecule has 176 valence electrons. The number of nitrogens with zero attached hydrogens (tertiary/aromatic N) is 2. The average molecular weight is 457 g/mol.